The van der Waals surface area contributed by atoms with Crippen LogP contribution in [0.5, 0.6) is 0 Å². The Kier molecular flexibility index (Phi) is 7.06. The van der Waals surface area contributed by atoms with E-state index in [1.807, 2.05) is 34.9 Å². The molecule has 168 valence electrons. The second-order valence-electron chi connectivity index (χ2n) is 8.26. The Bertz CT molecular complexity index is 813. The lowest BCUT2D eigenvalue weighted by molar-refractivity contribution is -0.142. The van der Waals surface area contributed by atoms with E-state index in [0.29, 0.717) is 32.8 Å². The summed E-state index contributed by atoms with van der Waals surface area (Å²) >= 11 is 0. The molecule has 1 atom stereocenters. The Morgan fingerprint density at radius 1 is 1.10 bits per heavy atom. The number of benzene rings is 1. The van der Waals surface area contributed by atoms with Gasteiger partial charge in [-0.2, -0.15) is 0 Å². The fraction of sp³-hybridized carbons (Fsp3) is 0.609. The minimum Gasteiger partial charge on any atom is -0.368 e. The molecule has 8 nitrogen and oxygen atoms in total. The Morgan fingerprint density at radius 2 is 1.87 bits per heavy atom. The van der Waals surface area contributed by atoms with Gasteiger partial charge >= 0.3 is 0 Å². The molecule has 3 heterocycles. The smallest absolute Gasteiger partial charge is 0.251 e. The first kappa shape index (κ1) is 21.6. The molecule has 2 fully saturated rings. The number of aliphatic imine (C=N–C) groups is 1. The number of anilines is 1. The van der Waals surface area contributed by atoms with E-state index in [2.05, 4.69) is 21.3 Å². The van der Waals surface area contributed by atoms with Crippen molar-refractivity contribution in [2.75, 3.05) is 57.3 Å². The second kappa shape index (κ2) is 10.1. The number of nitrogens with zero attached hydrogens (tertiary/aromatic N) is 4. The van der Waals surface area contributed by atoms with Crippen molar-refractivity contribution in [3.8, 4) is 0 Å². The molecule has 0 bridgehead atoms. The highest BCUT2D eigenvalue weighted by Crippen LogP contribution is 2.26. The standard InChI is InChI=1S/C23H33N5O3/c1-2-24-23(27-14-12-26(13-15-27)22(30)20-10-6-16-31-20)25-17-21(29)28-11-5-8-18-7-3-4-9-19(18)28/h3-4,7,9,20H,2,5-6,8,10-17H2,1H3,(H,24,25). The number of piperazine rings is 1. The highest BCUT2D eigenvalue weighted by molar-refractivity contribution is 5.97. The van der Waals surface area contributed by atoms with Gasteiger partial charge in [0, 0.05) is 51.6 Å². The van der Waals surface area contributed by atoms with Crippen LogP contribution in [0.15, 0.2) is 29.3 Å². The van der Waals surface area contributed by atoms with Crippen LogP contribution in [-0.4, -0.2) is 86.1 Å². The van der Waals surface area contributed by atoms with E-state index < -0.39 is 0 Å². The van der Waals surface area contributed by atoms with Gasteiger partial charge in [-0.15, -0.1) is 0 Å². The van der Waals surface area contributed by atoms with Gasteiger partial charge in [0.15, 0.2) is 5.96 Å². The molecule has 4 rings (SSSR count). The summed E-state index contributed by atoms with van der Waals surface area (Å²) in [6, 6.07) is 8.12. The first-order valence-electron chi connectivity index (χ1n) is 11.5. The molecule has 2 amide bonds. The highest BCUT2D eigenvalue weighted by Gasteiger charge is 2.31. The molecule has 1 aromatic rings. The average Bonchev–Trinajstić information content (AvgIpc) is 3.36. The number of carbonyl (C=O) groups excluding carboxylic acids is 2. The minimum atomic E-state index is -0.265. The molecule has 3 aliphatic rings. The third-order valence-corrected chi connectivity index (χ3v) is 6.21. The molecule has 1 aromatic carbocycles. The number of ether oxygens (including phenoxy) is 1. The van der Waals surface area contributed by atoms with Crippen molar-refractivity contribution in [2.24, 2.45) is 4.99 Å². The van der Waals surface area contributed by atoms with Crippen LogP contribution in [0.2, 0.25) is 0 Å². The van der Waals surface area contributed by atoms with Gasteiger partial charge in [-0.1, -0.05) is 18.2 Å². The number of amides is 2. The topological polar surface area (TPSA) is 77.5 Å². The summed E-state index contributed by atoms with van der Waals surface area (Å²) in [4.78, 5) is 36.1. The molecular weight excluding hydrogens is 394 g/mol. The van der Waals surface area contributed by atoms with Crippen LogP contribution in [0.3, 0.4) is 0 Å². The van der Waals surface area contributed by atoms with Crippen molar-refractivity contribution in [3.63, 3.8) is 0 Å². The molecule has 0 aliphatic carbocycles. The van der Waals surface area contributed by atoms with Crippen molar-refractivity contribution in [3.05, 3.63) is 29.8 Å². The summed E-state index contributed by atoms with van der Waals surface area (Å²) in [5.41, 5.74) is 2.24. The van der Waals surface area contributed by atoms with E-state index in [1.165, 1.54) is 5.56 Å². The summed E-state index contributed by atoms with van der Waals surface area (Å²) in [6.45, 7) is 6.99. The number of hydrogen-bond donors (Lipinski definition) is 1. The lowest BCUT2D eigenvalue weighted by Gasteiger charge is -2.37. The molecule has 0 radical (unpaired) electrons. The maximum Gasteiger partial charge on any atom is 0.251 e. The van der Waals surface area contributed by atoms with E-state index in [9.17, 15) is 9.59 Å². The van der Waals surface area contributed by atoms with Crippen LogP contribution in [0.25, 0.3) is 0 Å². The zero-order valence-electron chi connectivity index (χ0n) is 18.4. The quantitative estimate of drug-likeness (QED) is 0.578. The maximum atomic E-state index is 12.9. The van der Waals surface area contributed by atoms with E-state index in [0.717, 1.165) is 50.4 Å². The molecule has 8 heteroatoms. The summed E-state index contributed by atoms with van der Waals surface area (Å²) in [5.74, 6) is 0.873. The van der Waals surface area contributed by atoms with Crippen molar-refractivity contribution in [1.29, 1.82) is 0 Å². The maximum absolute atomic E-state index is 12.9. The van der Waals surface area contributed by atoms with Gasteiger partial charge in [0.1, 0.15) is 12.6 Å². The summed E-state index contributed by atoms with van der Waals surface area (Å²) < 4.78 is 5.55. The van der Waals surface area contributed by atoms with Crippen LogP contribution in [0.4, 0.5) is 5.69 Å². The number of nitrogens with one attached hydrogen (secondary N) is 1. The third-order valence-electron chi connectivity index (χ3n) is 6.21. The van der Waals surface area contributed by atoms with Gasteiger partial charge < -0.3 is 24.8 Å². The summed E-state index contributed by atoms with van der Waals surface area (Å²) in [7, 11) is 0. The van der Waals surface area contributed by atoms with E-state index in [-0.39, 0.29) is 24.5 Å². The number of aryl methyl sites for hydroxylation is 1. The Balaban J connectivity index is 1.36. The fourth-order valence-electron chi connectivity index (χ4n) is 4.56. The molecular formula is C23H33N5O3. The lowest BCUT2D eigenvalue weighted by Crippen LogP contribution is -2.55. The van der Waals surface area contributed by atoms with Crippen molar-refractivity contribution in [2.45, 2.75) is 38.7 Å². The van der Waals surface area contributed by atoms with Crippen LogP contribution in [0.1, 0.15) is 31.7 Å². The van der Waals surface area contributed by atoms with Crippen LogP contribution in [-0.2, 0) is 20.7 Å². The summed E-state index contributed by atoms with van der Waals surface area (Å²) in [6.07, 6.45) is 3.51. The zero-order chi connectivity index (χ0) is 21.6. The van der Waals surface area contributed by atoms with Gasteiger partial charge in [0.2, 0.25) is 5.91 Å². The van der Waals surface area contributed by atoms with Crippen molar-refractivity contribution < 1.29 is 14.3 Å². The number of fused-ring (bicyclic) bond motifs is 1. The lowest BCUT2D eigenvalue weighted by atomic mass is 10.0. The van der Waals surface area contributed by atoms with Crippen LogP contribution < -0.4 is 10.2 Å². The number of para-hydroxylation sites is 1. The van der Waals surface area contributed by atoms with E-state index >= 15 is 0 Å². The van der Waals surface area contributed by atoms with Crippen LogP contribution in [0, 0.1) is 0 Å². The van der Waals surface area contributed by atoms with Gasteiger partial charge in [0.25, 0.3) is 5.91 Å². The Morgan fingerprint density at radius 3 is 2.61 bits per heavy atom. The molecule has 1 N–H and O–H groups in total. The second-order valence-corrected chi connectivity index (χ2v) is 8.26. The fourth-order valence-corrected chi connectivity index (χ4v) is 4.56. The molecule has 0 aromatic heterocycles. The number of hydrogen-bond acceptors (Lipinski definition) is 4. The van der Waals surface area contributed by atoms with Crippen molar-refractivity contribution >= 4 is 23.5 Å². The van der Waals surface area contributed by atoms with Gasteiger partial charge in [-0.05, 0) is 44.2 Å². The SMILES string of the molecule is CCNC(=NCC(=O)N1CCCc2ccccc21)N1CCN(C(=O)C2CCCO2)CC1. The normalized spacial score (nSPS) is 21.8. The highest BCUT2D eigenvalue weighted by atomic mass is 16.5. The van der Waals surface area contributed by atoms with Gasteiger partial charge in [-0.25, -0.2) is 4.99 Å². The number of guanidine groups is 1. The average molecular weight is 428 g/mol. The van der Waals surface area contributed by atoms with Crippen molar-refractivity contribution in [1.82, 2.24) is 15.1 Å². The predicted molar refractivity (Wildman–Crippen MR) is 120 cm³/mol. The predicted octanol–water partition coefficient (Wildman–Crippen LogP) is 1.25. The third kappa shape index (κ3) is 5.01. The number of rotatable bonds is 4. The monoisotopic (exact) mass is 427 g/mol. The largest absolute Gasteiger partial charge is 0.368 e. The number of carbonyl (C=O) groups is 2. The first-order chi connectivity index (χ1) is 15.2. The molecule has 0 spiro atoms. The minimum absolute atomic E-state index is 0.0229. The summed E-state index contributed by atoms with van der Waals surface area (Å²) in [5, 5.41) is 3.31. The molecule has 2 saturated heterocycles. The molecule has 0 saturated carbocycles. The van der Waals surface area contributed by atoms with E-state index in [1.54, 1.807) is 0 Å². The van der Waals surface area contributed by atoms with Crippen LogP contribution >= 0.6 is 0 Å². The Hall–Kier alpha value is -2.61. The Labute approximate surface area is 184 Å². The van der Waals surface area contributed by atoms with E-state index in [4.69, 9.17) is 4.74 Å². The first-order valence-corrected chi connectivity index (χ1v) is 11.5. The van der Waals surface area contributed by atoms with Gasteiger partial charge in [-0.3, -0.25) is 9.59 Å². The molecule has 31 heavy (non-hydrogen) atoms. The molecule has 3 aliphatic heterocycles. The molecule has 1 unspecified atom stereocenters. The zero-order valence-corrected chi connectivity index (χ0v) is 18.4. The van der Waals surface area contributed by atoms with Gasteiger partial charge in [0.05, 0.1) is 0 Å².